The van der Waals surface area contributed by atoms with Crippen LogP contribution in [0.15, 0.2) is 60.9 Å². The highest BCUT2D eigenvalue weighted by Gasteiger charge is 2.27. The van der Waals surface area contributed by atoms with Gasteiger partial charge in [0.25, 0.3) is 5.91 Å². The van der Waals surface area contributed by atoms with E-state index in [1.807, 2.05) is 6.07 Å². The minimum Gasteiger partial charge on any atom is -0.497 e. The van der Waals surface area contributed by atoms with Gasteiger partial charge in [-0.1, -0.05) is 23.5 Å². The number of pyridine rings is 1. The molecule has 0 aliphatic rings. The molecule has 0 bridgehead atoms. The molecule has 0 saturated heterocycles. The summed E-state index contributed by atoms with van der Waals surface area (Å²) < 4.78 is 34.6. The van der Waals surface area contributed by atoms with Crippen molar-refractivity contribution in [3.05, 3.63) is 83.7 Å². The number of amides is 1. The summed E-state index contributed by atoms with van der Waals surface area (Å²) in [5, 5.41) is 0.324. The minimum atomic E-state index is -0.922. The minimum absolute atomic E-state index is 0.0669. The van der Waals surface area contributed by atoms with E-state index in [2.05, 4.69) is 9.97 Å². The van der Waals surface area contributed by atoms with Crippen LogP contribution in [-0.2, 0) is 6.54 Å². The van der Waals surface area contributed by atoms with Crippen molar-refractivity contribution >= 4 is 32.6 Å². The lowest BCUT2D eigenvalue weighted by Gasteiger charge is -2.20. The first-order valence-electron chi connectivity index (χ1n) is 8.66. The molecule has 29 heavy (non-hydrogen) atoms. The topological polar surface area (TPSA) is 55.3 Å². The fraction of sp³-hybridized carbons (Fsp3) is 0.0952. The number of thiazole rings is 1. The number of carbonyl (C=O) groups excluding carboxylic acids is 1. The fourth-order valence-electron chi connectivity index (χ4n) is 2.88. The van der Waals surface area contributed by atoms with Gasteiger partial charge >= 0.3 is 0 Å². The summed E-state index contributed by atoms with van der Waals surface area (Å²) in [6.45, 7) is 0.0669. The van der Waals surface area contributed by atoms with Crippen molar-refractivity contribution in [2.24, 2.45) is 0 Å². The molecule has 5 nitrogen and oxygen atoms in total. The van der Waals surface area contributed by atoms with Crippen LogP contribution < -0.4 is 9.64 Å². The molecule has 2 aromatic heterocycles. The van der Waals surface area contributed by atoms with E-state index < -0.39 is 23.1 Å². The van der Waals surface area contributed by atoms with Crippen molar-refractivity contribution in [1.29, 1.82) is 0 Å². The SMILES string of the molecule is COc1ccc2sc(N(Cc3cccnc3)C(=O)c3c(F)cccc3F)nc2c1. The number of aromatic nitrogens is 2. The fourth-order valence-corrected chi connectivity index (χ4v) is 3.82. The lowest BCUT2D eigenvalue weighted by atomic mass is 10.1. The van der Waals surface area contributed by atoms with Crippen molar-refractivity contribution < 1.29 is 18.3 Å². The van der Waals surface area contributed by atoms with Gasteiger partial charge in [-0.05, 0) is 35.9 Å². The highest BCUT2D eigenvalue weighted by Crippen LogP contribution is 2.33. The molecule has 4 aromatic rings. The molecule has 0 radical (unpaired) electrons. The number of nitrogens with zero attached hydrogens (tertiary/aromatic N) is 3. The second-order valence-corrected chi connectivity index (χ2v) is 7.19. The molecule has 0 aliphatic carbocycles. The molecule has 2 aromatic carbocycles. The number of ether oxygens (including phenoxy) is 1. The molecule has 0 saturated carbocycles. The predicted octanol–water partition coefficient (Wildman–Crippen LogP) is 4.83. The quantitative estimate of drug-likeness (QED) is 0.472. The van der Waals surface area contributed by atoms with Crippen molar-refractivity contribution in [2.75, 3.05) is 12.0 Å². The second-order valence-electron chi connectivity index (χ2n) is 6.18. The van der Waals surface area contributed by atoms with Crippen molar-refractivity contribution in [3.63, 3.8) is 0 Å². The zero-order chi connectivity index (χ0) is 20.4. The Labute approximate surface area is 169 Å². The number of carbonyl (C=O) groups is 1. The van der Waals surface area contributed by atoms with E-state index in [1.165, 1.54) is 22.3 Å². The van der Waals surface area contributed by atoms with Crippen LogP contribution >= 0.6 is 11.3 Å². The normalized spacial score (nSPS) is 10.9. The first-order valence-corrected chi connectivity index (χ1v) is 9.48. The smallest absolute Gasteiger partial charge is 0.266 e. The van der Waals surface area contributed by atoms with Gasteiger partial charge in [0.15, 0.2) is 5.13 Å². The van der Waals surface area contributed by atoms with E-state index in [4.69, 9.17) is 4.74 Å². The van der Waals surface area contributed by atoms with Crippen LogP contribution in [0.2, 0.25) is 0 Å². The summed E-state index contributed by atoms with van der Waals surface area (Å²) in [6.07, 6.45) is 3.20. The summed E-state index contributed by atoms with van der Waals surface area (Å²) in [7, 11) is 1.55. The Hall–Kier alpha value is -3.39. The number of hydrogen-bond donors (Lipinski definition) is 0. The Morgan fingerprint density at radius 1 is 1.14 bits per heavy atom. The number of benzene rings is 2. The maximum absolute atomic E-state index is 14.3. The zero-order valence-electron chi connectivity index (χ0n) is 15.3. The first kappa shape index (κ1) is 18.9. The Balaban J connectivity index is 1.81. The van der Waals surface area contributed by atoms with Gasteiger partial charge in [-0.25, -0.2) is 13.8 Å². The molecule has 0 atom stereocenters. The molecule has 146 valence electrons. The molecule has 0 fully saturated rings. The largest absolute Gasteiger partial charge is 0.497 e. The van der Waals surface area contributed by atoms with Gasteiger partial charge in [0.05, 0.1) is 23.9 Å². The highest BCUT2D eigenvalue weighted by molar-refractivity contribution is 7.22. The Morgan fingerprint density at radius 2 is 1.93 bits per heavy atom. The van der Waals surface area contributed by atoms with Crippen LogP contribution in [0.4, 0.5) is 13.9 Å². The molecule has 2 heterocycles. The van der Waals surface area contributed by atoms with Crippen LogP contribution in [0.1, 0.15) is 15.9 Å². The number of fused-ring (bicyclic) bond motifs is 1. The van der Waals surface area contributed by atoms with Gasteiger partial charge < -0.3 is 4.74 Å². The van der Waals surface area contributed by atoms with Crippen LogP contribution in [-0.4, -0.2) is 23.0 Å². The van der Waals surface area contributed by atoms with Gasteiger partial charge in [0.1, 0.15) is 22.9 Å². The zero-order valence-corrected chi connectivity index (χ0v) is 16.1. The third kappa shape index (κ3) is 3.79. The molecule has 0 spiro atoms. The van der Waals surface area contributed by atoms with Gasteiger partial charge in [0, 0.05) is 18.5 Å². The third-order valence-corrected chi connectivity index (χ3v) is 5.36. The molecular weight excluding hydrogens is 396 g/mol. The molecule has 0 unspecified atom stereocenters. The van der Waals surface area contributed by atoms with E-state index in [0.29, 0.717) is 22.0 Å². The maximum atomic E-state index is 14.3. The number of halogens is 2. The Morgan fingerprint density at radius 3 is 2.62 bits per heavy atom. The van der Waals surface area contributed by atoms with Crippen LogP contribution in [0, 0.1) is 11.6 Å². The number of methoxy groups -OCH3 is 1. The Kier molecular flexibility index (Phi) is 5.18. The van der Waals surface area contributed by atoms with Crippen LogP contribution in [0.3, 0.4) is 0 Å². The number of rotatable bonds is 5. The second kappa shape index (κ2) is 7.92. The van der Waals surface area contributed by atoms with E-state index in [1.54, 1.807) is 43.8 Å². The first-order chi connectivity index (χ1) is 14.1. The van der Waals surface area contributed by atoms with Crippen molar-refractivity contribution in [2.45, 2.75) is 6.54 Å². The summed E-state index contributed by atoms with van der Waals surface area (Å²) >= 11 is 1.25. The molecule has 0 N–H and O–H groups in total. The average Bonchev–Trinajstić information content (AvgIpc) is 3.15. The lowest BCUT2D eigenvalue weighted by molar-refractivity contribution is 0.0977. The van der Waals surface area contributed by atoms with Gasteiger partial charge in [-0.2, -0.15) is 0 Å². The molecular formula is C21H15F2N3O2S. The van der Waals surface area contributed by atoms with Crippen LogP contribution in [0.5, 0.6) is 5.75 Å². The summed E-state index contributed by atoms with van der Waals surface area (Å²) in [4.78, 5) is 23.0. The monoisotopic (exact) mass is 411 g/mol. The summed E-state index contributed by atoms with van der Waals surface area (Å²) in [5.74, 6) is -2.03. The van der Waals surface area contributed by atoms with E-state index in [0.717, 1.165) is 16.8 Å². The van der Waals surface area contributed by atoms with E-state index >= 15 is 0 Å². The highest BCUT2D eigenvalue weighted by atomic mass is 32.1. The maximum Gasteiger partial charge on any atom is 0.266 e. The van der Waals surface area contributed by atoms with Crippen molar-refractivity contribution in [3.8, 4) is 5.75 Å². The molecule has 4 rings (SSSR count). The predicted molar refractivity (Wildman–Crippen MR) is 107 cm³/mol. The lowest BCUT2D eigenvalue weighted by Crippen LogP contribution is -2.32. The van der Waals surface area contributed by atoms with Crippen LogP contribution in [0.25, 0.3) is 10.2 Å². The van der Waals surface area contributed by atoms with E-state index in [9.17, 15) is 13.6 Å². The van der Waals surface area contributed by atoms with E-state index in [-0.39, 0.29) is 6.54 Å². The average molecular weight is 411 g/mol. The van der Waals surface area contributed by atoms with Gasteiger partial charge in [-0.3, -0.25) is 14.7 Å². The number of anilines is 1. The Bertz CT molecular complexity index is 1160. The molecule has 1 amide bonds. The van der Waals surface area contributed by atoms with Gasteiger partial charge in [0.2, 0.25) is 0 Å². The van der Waals surface area contributed by atoms with Gasteiger partial charge in [-0.15, -0.1) is 0 Å². The summed E-state index contributed by atoms with van der Waals surface area (Å²) in [6, 6.07) is 12.2. The molecule has 0 aliphatic heterocycles. The van der Waals surface area contributed by atoms with Crippen molar-refractivity contribution in [1.82, 2.24) is 9.97 Å². The number of hydrogen-bond acceptors (Lipinski definition) is 5. The molecule has 8 heteroatoms. The standard InChI is InChI=1S/C21H15F2N3O2S/c1-28-14-7-8-18-17(10-14)25-21(29-18)26(12-13-4-3-9-24-11-13)20(27)19-15(22)5-2-6-16(19)23/h2-11H,12H2,1H3. The third-order valence-electron chi connectivity index (χ3n) is 4.30. The summed E-state index contributed by atoms with van der Waals surface area (Å²) in [5.41, 5.74) is 0.713.